The largest absolute Gasteiger partial charge is 0.444 e. The Morgan fingerprint density at radius 1 is 1.22 bits per heavy atom. The summed E-state index contributed by atoms with van der Waals surface area (Å²) in [5, 5.41) is 10.8. The van der Waals surface area contributed by atoms with Crippen molar-refractivity contribution in [1.82, 2.24) is 4.57 Å². The van der Waals surface area contributed by atoms with Crippen LogP contribution in [0.2, 0.25) is 0 Å². The molecule has 18 heavy (non-hydrogen) atoms. The van der Waals surface area contributed by atoms with E-state index in [9.17, 15) is 14.9 Å². The highest BCUT2D eigenvalue weighted by molar-refractivity contribution is 5.70. The van der Waals surface area contributed by atoms with Crippen molar-refractivity contribution in [3.05, 3.63) is 64.5 Å². The Morgan fingerprint density at radius 3 is 2.56 bits per heavy atom. The molecule has 1 aromatic heterocycles. The summed E-state index contributed by atoms with van der Waals surface area (Å²) in [5.41, 5.74) is 0.306. The average molecular weight is 246 g/mol. The van der Waals surface area contributed by atoms with Gasteiger partial charge in [-0.2, -0.15) is 0 Å². The van der Waals surface area contributed by atoms with Crippen LogP contribution in [-0.2, 0) is 11.3 Å². The van der Waals surface area contributed by atoms with Crippen LogP contribution in [0.25, 0.3) is 0 Å². The van der Waals surface area contributed by atoms with Gasteiger partial charge in [-0.1, -0.05) is 12.1 Å². The van der Waals surface area contributed by atoms with Gasteiger partial charge in [-0.05, 0) is 18.2 Å². The van der Waals surface area contributed by atoms with Crippen molar-refractivity contribution >= 4 is 11.8 Å². The lowest BCUT2D eigenvalue weighted by Crippen LogP contribution is -2.11. The minimum Gasteiger partial charge on any atom is -0.444 e. The summed E-state index contributed by atoms with van der Waals surface area (Å²) in [7, 11) is 0. The van der Waals surface area contributed by atoms with Gasteiger partial charge >= 0.3 is 6.09 Å². The van der Waals surface area contributed by atoms with E-state index < -0.39 is 11.0 Å². The van der Waals surface area contributed by atoms with E-state index in [4.69, 9.17) is 4.74 Å². The highest BCUT2D eigenvalue weighted by Crippen LogP contribution is 2.18. The molecule has 2 aromatic rings. The van der Waals surface area contributed by atoms with E-state index in [2.05, 4.69) is 0 Å². The van der Waals surface area contributed by atoms with E-state index in [-0.39, 0.29) is 12.3 Å². The first kappa shape index (κ1) is 11.8. The fourth-order valence-electron chi connectivity index (χ4n) is 1.48. The van der Waals surface area contributed by atoms with Crippen molar-refractivity contribution < 1.29 is 14.5 Å². The molecule has 0 fully saturated rings. The topological polar surface area (TPSA) is 74.4 Å². The second-order valence-corrected chi connectivity index (χ2v) is 3.53. The summed E-state index contributed by atoms with van der Waals surface area (Å²) in [6, 6.07) is 9.53. The Bertz CT molecular complexity index is 563. The standard InChI is InChI=1S/C12H10N2O4/c15-12(13-7-3-4-8-13)18-9-10-5-1-2-6-11(10)14(16)17/h1-8H,9H2. The molecule has 1 heterocycles. The fourth-order valence-corrected chi connectivity index (χ4v) is 1.48. The van der Waals surface area contributed by atoms with Gasteiger partial charge in [0.2, 0.25) is 0 Å². The van der Waals surface area contributed by atoms with Crippen molar-refractivity contribution in [2.45, 2.75) is 6.61 Å². The number of nitro groups is 1. The molecule has 6 heteroatoms. The van der Waals surface area contributed by atoms with Gasteiger partial charge in [-0.25, -0.2) is 4.79 Å². The molecular formula is C12H10N2O4. The number of nitro benzene ring substituents is 1. The van der Waals surface area contributed by atoms with Gasteiger partial charge in [-0.3, -0.25) is 14.7 Å². The second-order valence-electron chi connectivity index (χ2n) is 3.53. The van der Waals surface area contributed by atoms with Crippen LogP contribution in [0.1, 0.15) is 5.56 Å². The number of hydrogen-bond acceptors (Lipinski definition) is 4. The zero-order valence-electron chi connectivity index (χ0n) is 9.35. The first-order chi connectivity index (χ1) is 8.68. The summed E-state index contributed by atoms with van der Waals surface area (Å²) in [6.07, 6.45) is 2.52. The third-order valence-electron chi connectivity index (χ3n) is 2.35. The molecule has 0 aliphatic rings. The summed E-state index contributed by atoms with van der Waals surface area (Å²) in [6.45, 7) is -0.131. The maximum absolute atomic E-state index is 11.5. The lowest BCUT2D eigenvalue weighted by Gasteiger charge is -2.05. The molecule has 0 bridgehead atoms. The molecule has 0 saturated heterocycles. The van der Waals surface area contributed by atoms with E-state index in [1.165, 1.54) is 10.6 Å². The Hall–Kier alpha value is -2.63. The normalized spacial score (nSPS) is 10.0. The van der Waals surface area contributed by atoms with E-state index in [0.29, 0.717) is 5.56 Å². The summed E-state index contributed by atoms with van der Waals surface area (Å²) < 4.78 is 6.24. The number of benzene rings is 1. The van der Waals surface area contributed by atoms with Crippen LogP contribution in [0.15, 0.2) is 48.8 Å². The number of ether oxygens (including phenoxy) is 1. The zero-order chi connectivity index (χ0) is 13.0. The van der Waals surface area contributed by atoms with Gasteiger partial charge in [0.25, 0.3) is 5.69 Å². The van der Waals surface area contributed by atoms with Crippen LogP contribution >= 0.6 is 0 Å². The third kappa shape index (κ3) is 2.54. The fraction of sp³-hybridized carbons (Fsp3) is 0.0833. The molecule has 0 spiro atoms. The van der Waals surface area contributed by atoms with Crippen LogP contribution in [0, 0.1) is 10.1 Å². The minimum atomic E-state index is -0.571. The lowest BCUT2D eigenvalue weighted by atomic mass is 10.2. The van der Waals surface area contributed by atoms with Crippen LogP contribution in [0.4, 0.5) is 10.5 Å². The Kier molecular flexibility index (Phi) is 3.38. The van der Waals surface area contributed by atoms with E-state index >= 15 is 0 Å². The highest BCUT2D eigenvalue weighted by Gasteiger charge is 2.14. The van der Waals surface area contributed by atoms with Crippen LogP contribution in [-0.4, -0.2) is 15.6 Å². The van der Waals surface area contributed by atoms with Crippen molar-refractivity contribution in [3.63, 3.8) is 0 Å². The lowest BCUT2D eigenvalue weighted by molar-refractivity contribution is -0.385. The smallest absolute Gasteiger partial charge is 0.418 e. The van der Waals surface area contributed by atoms with Crippen LogP contribution in [0.5, 0.6) is 0 Å². The molecule has 0 atom stereocenters. The zero-order valence-corrected chi connectivity index (χ0v) is 9.35. The minimum absolute atomic E-state index is 0.0576. The summed E-state index contributed by atoms with van der Waals surface area (Å²) in [4.78, 5) is 21.8. The predicted octanol–water partition coefficient (Wildman–Crippen LogP) is 2.58. The monoisotopic (exact) mass is 246 g/mol. The molecule has 0 unspecified atom stereocenters. The van der Waals surface area contributed by atoms with E-state index in [1.54, 1.807) is 42.7 Å². The van der Waals surface area contributed by atoms with Gasteiger partial charge in [-0.15, -0.1) is 0 Å². The van der Waals surface area contributed by atoms with E-state index in [0.717, 1.165) is 0 Å². The molecule has 0 N–H and O–H groups in total. The van der Waals surface area contributed by atoms with E-state index in [1.807, 2.05) is 0 Å². The second kappa shape index (κ2) is 5.13. The molecule has 0 amide bonds. The number of rotatable bonds is 3. The highest BCUT2D eigenvalue weighted by atomic mass is 16.6. The predicted molar refractivity (Wildman–Crippen MR) is 63.1 cm³/mol. The molecule has 0 aliphatic heterocycles. The SMILES string of the molecule is O=C(OCc1ccccc1[N+](=O)[O-])n1cccc1. The number of para-hydroxylation sites is 1. The number of carbonyl (C=O) groups excluding carboxylic acids is 1. The Morgan fingerprint density at radius 2 is 1.89 bits per heavy atom. The molecule has 0 radical (unpaired) electrons. The number of hydrogen-bond donors (Lipinski definition) is 0. The maximum Gasteiger partial charge on any atom is 0.418 e. The van der Waals surface area contributed by atoms with Crippen molar-refractivity contribution in [3.8, 4) is 0 Å². The quantitative estimate of drug-likeness (QED) is 0.616. The first-order valence-electron chi connectivity index (χ1n) is 5.21. The van der Waals surface area contributed by atoms with Crippen molar-refractivity contribution in [2.24, 2.45) is 0 Å². The first-order valence-corrected chi connectivity index (χ1v) is 5.21. The van der Waals surface area contributed by atoms with Crippen LogP contribution in [0.3, 0.4) is 0 Å². The molecule has 92 valence electrons. The van der Waals surface area contributed by atoms with Crippen molar-refractivity contribution in [1.29, 1.82) is 0 Å². The molecule has 0 saturated carbocycles. The molecule has 1 aromatic carbocycles. The van der Waals surface area contributed by atoms with Gasteiger partial charge in [0.05, 0.1) is 10.5 Å². The summed E-state index contributed by atoms with van der Waals surface area (Å²) in [5.74, 6) is 0. The Balaban J connectivity index is 2.07. The molecule has 0 aliphatic carbocycles. The van der Waals surface area contributed by atoms with Gasteiger partial charge in [0.15, 0.2) is 0 Å². The molecular weight excluding hydrogens is 236 g/mol. The molecule has 6 nitrogen and oxygen atoms in total. The number of nitrogens with zero attached hydrogens (tertiary/aromatic N) is 2. The third-order valence-corrected chi connectivity index (χ3v) is 2.35. The van der Waals surface area contributed by atoms with Gasteiger partial charge in [0.1, 0.15) is 6.61 Å². The molecule has 2 rings (SSSR count). The summed E-state index contributed by atoms with van der Waals surface area (Å²) >= 11 is 0. The van der Waals surface area contributed by atoms with Crippen LogP contribution < -0.4 is 0 Å². The van der Waals surface area contributed by atoms with Gasteiger partial charge in [0, 0.05) is 18.5 Å². The average Bonchev–Trinajstić information content (AvgIpc) is 2.90. The maximum atomic E-state index is 11.5. The Labute approximate surface area is 103 Å². The van der Waals surface area contributed by atoms with Crippen molar-refractivity contribution in [2.75, 3.05) is 0 Å². The van der Waals surface area contributed by atoms with Gasteiger partial charge < -0.3 is 4.74 Å². The number of aromatic nitrogens is 1. The number of carbonyl (C=O) groups is 1.